The third kappa shape index (κ3) is 4.47. The van der Waals surface area contributed by atoms with Crippen LogP contribution in [0.1, 0.15) is 58.1 Å². The predicted octanol–water partition coefficient (Wildman–Crippen LogP) is 4.32. The molecule has 0 saturated carbocycles. The Morgan fingerprint density at radius 1 is 0.886 bits per heavy atom. The van der Waals surface area contributed by atoms with Crippen LogP contribution in [0.4, 0.5) is 4.39 Å². The molecule has 2 aliphatic heterocycles. The summed E-state index contributed by atoms with van der Waals surface area (Å²) in [5.74, 6) is 2.57. The molecule has 1 atom stereocenters. The lowest BCUT2D eigenvalue weighted by Gasteiger charge is -2.40. The van der Waals surface area contributed by atoms with E-state index in [4.69, 9.17) is 9.72 Å². The van der Waals surface area contributed by atoms with E-state index in [1.165, 1.54) is 6.07 Å². The first-order valence-corrected chi connectivity index (χ1v) is 12.7. The quantitative estimate of drug-likeness (QED) is 0.541. The van der Waals surface area contributed by atoms with E-state index >= 15 is 4.39 Å². The smallest absolute Gasteiger partial charge is 0.178 e. The maximum absolute atomic E-state index is 15.3. The molecule has 0 unspecified atom stereocenters. The Balaban J connectivity index is 1.51. The average Bonchev–Trinajstić information content (AvgIpc) is 3.38. The molecule has 0 bridgehead atoms. The number of imidazole rings is 1. The van der Waals surface area contributed by atoms with Gasteiger partial charge in [-0.25, -0.2) is 19.0 Å². The zero-order chi connectivity index (χ0) is 24.9. The van der Waals surface area contributed by atoms with Crippen molar-refractivity contribution >= 4 is 0 Å². The zero-order valence-electron chi connectivity index (χ0n) is 21.6. The highest BCUT2D eigenvalue weighted by Crippen LogP contribution is 2.38. The monoisotopic (exact) mass is 481 g/mol. The largest absolute Gasteiger partial charge is 0.491 e. The first kappa shape index (κ1) is 23.9. The number of ether oxygens (including phenoxy) is 1. The van der Waals surface area contributed by atoms with Crippen molar-refractivity contribution in [2.24, 2.45) is 0 Å². The summed E-state index contributed by atoms with van der Waals surface area (Å²) in [7, 11) is 0. The van der Waals surface area contributed by atoms with E-state index in [1.54, 1.807) is 0 Å². The highest BCUT2D eigenvalue weighted by atomic mass is 19.1. The first-order valence-electron chi connectivity index (χ1n) is 12.7. The fourth-order valence-electron chi connectivity index (χ4n) is 5.15. The van der Waals surface area contributed by atoms with Crippen molar-refractivity contribution in [2.45, 2.75) is 66.2 Å². The Morgan fingerprint density at radius 2 is 1.60 bits per heavy atom. The summed E-state index contributed by atoms with van der Waals surface area (Å²) in [5, 5.41) is 4.55. The summed E-state index contributed by atoms with van der Waals surface area (Å²) in [5.41, 5.74) is 2.28. The number of nitrogens with zero attached hydrogens (tertiary/aromatic N) is 7. The number of halogens is 1. The van der Waals surface area contributed by atoms with Crippen LogP contribution < -0.4 is 4.74 Å². The van der Waals surface area contributed by atoms with Gasteiger partial charge in [0.1, 0.15) is 35.5 Å². The summed E-state index contributed by atoms with van der Waals surface area (Å²) in [6.07, 6.45) is 2.01. The van der Waals surface area contributed by atoms with E-state index in [1.807, 2.05) is 23.9 Å². The van der Waals surface area contributed by atoms with Crippen molar-refractivity contribution in [3.05, 3.63) is 35.5 Å². The van der Waals surface area contributed by atoms with Gasteiger partial charge in [-0.3, -0.25) is 9.80 Å². The molecule has 1 fully saturated rings. The second-order valence-electron chi connectivity index (χ2n) is 10.2. The Bertz CT molecular complexity index is 1210. The Hall–Kier alpha value is -2.78. The molecule has 0 amide bonds. The summed E-state index contributed by atoms with van der Waals surface area (Å²) in [6, 6.07) is 4.15. The third-order valence-electron chi connectivity index (χ3n) is 7.24. The normalized spacial score (nSPS) is 17.9. The van der Waals surface area contributed by atoms with Crippen LogP contribution in [0.15, 0.2) is 18.3 Å². The fourth-order valence-corrected chi connectivity index (χ4v) is 5.15. The molecule has 0 spiro atoms. The fraction of sp³-hybridized carbons (Fsp3) is 0.577. The van der Waals surface area contributed by atoms with Crippen molar-refractivity contribution in [1.82, 2.24) is 34.1 Å². The number of hydrogen-bond acceptors (Lipinski definition) is 6. The van der Waals surface area contributed by atoms with Crippen molar-refractivity contribution in [3.8, 4) is 28.7 Å². The molecule has 3 aromatic rings. The van der Waals surface area contributed by atoms with Crippen LogP contribution in [-0.4, -0.2) is 72.9 Å². The van der Waals surface area contributed by atoms with Gasteiger partial charge in [0.15, 0.2) is 5.82 Å². The molecule has 9 heteroatoms. The van der Waals surface area contributed by atoms with Crippen molar-refractivity contribution < 1.29 is 9.13 Å². The van der Waals surface area contributed by atoms with Gasteiger partial charge < -0.3 is 9.30 Å². The molecule has 188 valence electrons. The molecule has 2 aromatic heterocycles. The molecule has 0 N–H and O–H groups in total. The Kier molecular flexibility index (Phi) is 6.40. The van der Waals surface area contributed by atoms with Crippen LogP contribution in [0.25, 0.3) is 22.9 Å². The van der Waals surface area contributed by atoms with Gasteiger partial charge in [-0.2, -0.15) is 5.10 Å². The molecule has 35 heavy (non-hydrogen) atoms. The minimum Gasteiger partial charge on any atom is -0.491 e. The Morgan fingerprint density at radius 3 is 2.29 bits per heavy atom. The Labute approximate surface area is 206 Å². The molecule has 5 rings (SSSR count). The van der Waals surface area contributed by atoms with E-state index in [9.17, 15) is 0 Å². The van der Waals surface area contributed by atoms with Gasteiger partial charge in [0.05, 0.1) is 12.1 Å². The summed E-state index contributed by atoms with van der Waals surface area (Å²) in [4.78, 5) is 14.4. The van der Waals surface area contributed by atoms with E-state index < -0.39 is 0 Å². The van der Waals surface area contributed by atoms with E-state index in [-0.39, 0.29) is 17.9 Å². The van der Waals surface area contributed by atoms with E-state index in [0.717, 1.165) is 54.9 Å². The maximum Gasteiger partial charge on any atom is 0.178 e. The number of hydrogen-bond donors (Lipinski definition) is 0. The molecule has 0 radical (unpaired) electrons. The standard InChI is InChI=1S/C26H36FN7O/c1-16(2)31-7-9-32(10-8-31)18(5)20-13-21-24(14-22(20)27)35-12-11-33-15-23(29-25(21)33)26-28-19(6)30-34(26)17(3)4/h13-18H,7-12H2,1-6H3/t18-/m0/s1. The molecular formula is C26H36FN7O. The second kappa shape index (κ2) is 9.35. The van der Waals surface area contributed by atoms with Crippen LogP contribution >= 0.6 is 0 Å². The van der Waals surface area contributed by atoms with Gasteiger partial charge in [0, 0.05) is 62.1 Å². The average molecular weight is 482 g/mol. The molecule has 2 aliphatic rings. The first-order chi connectivity index (χ1) is 16.7. The van der Waals surface area contributed by atoms with Gasteiger partial charge >= 0.3 is 0 Å². The number of rotatable bonds is 5. The van der Waals surface area contributed by atoms with Crippen LogP contribution in [0, 0.1) is 12.7 Å². The molecule has 4 heterocycles. The van der Waals surface area contributed by atoms with Gasteiger partial charge in [-0.1, -0.05) is 0 Å². The SMILES string of the molecule is Cc1nc(-c2cn3c(n2)-c2cc([C@H](C)N4CCN(C(C)C)CC4)c(F)cc2OCC3)n(C(C)C)n1. The van der Waals surface area contributed by atoms with Gasteiger partial charge in [-0.15, -0.1) is 0 Å². The highest BCUT2D eigenvalue weighted by Gasteiger charge is 2.28. The molecule has 8 nitrogen and oxygen atoms in total. The predicted molar refractivity (Wildman–Crippen MR) is 134 cm³/mol. The zero-order valence-corrected chi connectivity index (χ0v) is 21.6. The van der Waals surface area contributed by atoms with Crippen molar-refractivity contribution in [2.75, 3.05) is 32.8 Å². The lowest BCUT2D eigenvalue weighted by molar-refractivity contribution is 0.0822. The van der Waals surface area contributed by atoms with E-state index in [2.05, 4.69) is 59.1 Å². The molecule has 1 saturated heterocycles. The minimum absolute atomic E-state index is 0.0348. The lowest BCUT2D eigenvalue weighted by atomic mass is 10.0. The van der Waals surface area contributed by atoms with E-state index in [0.29, 0.717) is 30.5 Å². The maximum atomic E-state index is 15.3. The highest BCUT2D eigenvalue weighted by molar-refractivity contribution is 5.69. The minimum atomic E-state index is -0.224. The summed E-state index contributed by atoms with van der Waals surface area (Å²) >= 11 is 0. The van der Waals surface area contributed by atoms with Gasteiger partial charge in [-0.05, 0) is 47.6 Å². The second-order valence-corrected chi connectivity index (χ2v) is 10.2. The van der Waals surface area contributed by atoms with Crippen LogP contribution in [0.5, 0.6) is 5.75 Å². The number of piperazine rings is 1. The van der Waals surface area contributed by atoms with Crippen LogP contribution in [0.2, 0.25) is 0 Å². The molecule has 0 aliphatic carbocycles. The number of aryl methyl sites for hydroxylation is 1. The number of fused-ring (bicyclic) bond motifs is 3. The van der Waals surface area contributed by atoms with Crippen molar-refractivity contribution in [1.29, 1.82) is 0 Å². The van der Waals surface area contributed by atoms with Gasteiger partial charge in [0.25, 0.3) is 0 Å². The topological polar surface area (TPSA) is 64.2 Å². The van der Waals surface area contributed by atoms with Crippen LogP contribution in [0.3, 0.4) is 0 Å². The molecular weight excluding hydrogens is 445 g/mol. The van der Waals surface area contributed by atoms with Crippen LogP contribution in [-0.2, 0) is 6.54 Å². The lowest BCUT2D eigenvalue weighted by Crippen LogP contribution is -2.49. The molecule has 1 aromatic carbocycles. The summed E-state index contributed by atoms with van der Waals surface area (Å²) in [6.45, 7) is 17.6. The third-order valence-corrected chi connectivity index (χ3v) is 7.24. The number of benzene rings is 1. The van der Waals surface area contributed by atoms with Crippen molar-refractivity contribution in [3.63, 3.8) is 0 Å². The summed E-state index contributed by atoms with van der Waals surface area (Å²) < 4.78 is 25.3. The number of aromatic nitrogens is 5. The van der Waals surface area contributed by atoms with Gasteiger partial charge in [0.2, 0.25) is 0 Å².